The molecular formula is C28H40N2O4. The van der Waals surface area contributed by atoms with Crippen LogP contribution in [-0.2, 0) is 19.1 Å². The van der Waals surface area contributed by atoms with Gasteiger partial charge in [0.2, 0.25) is 5.91 Å². The van der Waals surface area contributed by atoms with Crippen LogP contribution < -0.4 is 10.6 Å². The van der Waals surface area contributed by atoms with E-state index in [4.69, 9.17) is 9.47 Å². The molecular weight excluding hydrogens is 428 g/mol. The summed E-state index contributed by atoms with van der Waals surface area (Å²) in [5.74, 6) is 1.29. The maximum atomic E-state index is 12.7. The number of hydrogen-bond acceptors (Lipinski definition) is 4. The summed E-state index contributed by atoms with van der Waals surface area (Å²) >= 11 is 0. The largest absolute Gasteiger partial charge is 0.484 e. The van der Waals surface area contributed by atoms with Crippen LogP contribution in [0.1, 0.15) is 70.6 Å². The Balaban J connectivity index is 1.07. The predicted molar refractivity (Wildman–Crippen MR) is 133 cm³/mol. The Hall–Kier alpha value is -2.34. The second-order valence-electron chi connectivity index (χ2n) is 10.5. The molecule has 4 saturated carbocycles. The van der Waals surface area contributed by atoms with Crippen LogP contribution in [0.2, 0.25) is 0 Å². The van der Waals surface area contributed by atoms with Crippen molar-refractivity contribution >= 4 is 11.8 Å². The number of rotatable bonds is 10. The molecule has 186 valence electrons. The van der Waals surface area contributed by atoms with Crippen LogP contribution in [-0.4, -0.2) is 43.7 Å². The van der Waals surface area contributed by atoms with E-state index in [1.807, 2.05) is 42.5 Å². The molecule has 0 aromatic rings. The van der Waals surface area contributed by atoms with Gasteiger partial charge in [-0.25, -0.2) is 0 Å². The topological polar surface area (TPSA) is 76.7 Å². The molecule has 0 aromatic carbocycles. The molecule has 0 saturated heterocycles. The number of nitrogens with one attached hydrogen (secondary N) is 2. The third kappa shape index (κ3) is 6.62. The minimum Gasteiger partial charge on any atom is -0.484 e. The number of ether oxygens (including phenoxy) is 2. The van der Waals surface area contributed by atoms with E-state index in [0.717, 1.165) is 25.9 Å². The number of allylic oxidation sites excluding steroid dienone is 7. The van der Waals surface area contributed by atoms with Crippen molar-refractivity contribution in [3.8, 4) is 0 Å². The van der Waals surface area contributed by atoms with Gasteiger partial charge in [0.05, 0.1) is 12.0 Å². The highest BCUT2D eigenvalue weighted by Crippen LogP contribution is 2.67. The van der Waals surface area contributed by atoms with Crippen molar-refractivity contribution in [1.29, 1.82) is 0 Å². The van der Waals surface area contributed by atoms with E-state index in [1.54, 1.807) is 0 Å². The Morgan fingerprint density at radius 3 is 2.35 bits per heavy atom. The van der Waals surface area contributed by atoms with Crippen LogP contribution in [0.5, 0.6) is 0 Å². The van der Waals surface area contributed by atoms with E-state index in [-0.39, 0.29) is 29.4 Å². The zero-order valence-corrected chi connectivity index (χ0v) is 20.4. The fourth-order valence-corrected chi connectivity index (χ4v) is 5.85. The van der Waals surface area contributed by atoms with Gasteiger partial charge in [-0.3, -0.25) is 9.59 Å². The van der Waals surface area contributed by atoms with E-state index < -0.39 is 0 Å². The fourth-order valence-electron chi connectivity index (χ4n) is 5.85. The Labute approximate surface area is 203 Å². The van der Waals surface area contributed by atoms with Crippen LogP contribution in [0.3, 0.4) is 0 Å². The Bertz CT molecular complexity index is 812. The van der Waals surface area contributed by atoms with Crippen LogP contribution >= 0.6 is 0 Å². The zero-order chi connectivity index (χ0) is 23.7. The van der Waals surface area contributed by atoms with Crippen LogP contribution in [0.25, 0.3) is 0 Å². The minimum atomic E-state index is -0.298. The first-order valence-corrected chi connectivity index (χ1v) is 13.1. The molecule has 0 radical (unpaired) electrons. The van der Waals surface area contributed by atoms with E-state index >= 15 is 0 Å². The molecule has 0 aliphatic heterocycles. The summed E-state index contributed by atoms with van der Waals surface area (Å²) in [4.78, 5) is 25.0. The van der Waals surface area contributed by atoms with Crippen molar-refractivity contribution in [3.05, 3.63) is 48.3 Å². The summed E-state index contributed by atoms with van der Waals surface area (Å²) < 4.78 is 11.5. The minimum absolute atomic E-state index is 0.0208. The molecule has 34 heavy (non-hydrogen) atoms. The normalized spacial score (nSPS) is 30.5. The molecule has 0 aromatic heterocycles. The van der Waals surface area contributed by atoms with Crippen LogP contribution in [0.4, 0.5) is 0 Å². The highest BCUT2D eigenvalue weighted by Gasteiger charge is 2.72. The lowest BCUT2D eigenvalue weighted by molar-refractivity contribution is -0.184. The lowest BCUT2D eigenvalue weighted by Gasteiger charge is -2.69. The second-order valence-corrected chi connectivity index (χ2v) is 10.5. The first kappa shape index (κ1) is 24.8. The number of carbonyl (C=O) groups excluding carboxylic acids is 2. The summed E-state index contributed by atoms with van der Waals surface area (Å²) in [6.45, 7) is 1.94. The maximum Gasteiger partial charge on any atom is 0.258 e. The van der Waals surface area contributed by atoms with Crippen molar-refractivity contribution in [2.75, 3.05) is 26.4 Å². The second kappa shape index (κ2) is 11.9. The van der Waals surface area contributed by atoms with Crippen molar-refractivity contribution in [1.82, 2.24) is 10.6 Å². The molecule has 4 fully saturated rings. The lowest BCUT2D eigenvalue weighted by atomic mass is 9.39. The third-order valence-electron chi connectivity index (χ3n) is 7.61. The van der Waals surface area contributed by atoms with Crippen LogP contribution in [0, 0.1) is 11.3 Å². The van der Waals surface area contributed by atoms with E-state index in [0.29, 0.717) is 24.8 Å². The van der Waals surface area contributed by atoms with Gasteiger partial charge in [-0.15, -0.1) is 0 Å². The quantitative estimate of drug-likeness (QED) is 0.463. The summed E-state index contributed by atoms with van der Waals surface area (Å²) in [6, 6.07) is 0. The molecule has 5 rings (SSSR count). The fraction of sp³-hybridized carbons (Fsp3) is 0.643. The highest BCUT2D eigenvalue weighted by atomic mass is 16.5. The molecule has 0 spiro atoms. The molecule has 6 nitrogen and oxygen atoms in total. The van der Waals surface area contributed by atoms with Gasteiger partial charge in [0.1, 0.15) is 5.76 Å². The molecule has 2 bridgehead atoms. The Kier molecular flexibility index (Phi) is 8.65. The van der Waals surface area contributed by atoms with Crippen molar-refractivity contribution in [2.45, 2.75) is 76.2 Å². The summed E-state index contributed by atoms with van der Waals surface area (Å²) in [7, 11) is 0. The van der Waals surface area contributed by atoms with E-state index in [2.05, 4.69) is 10.6 Å². The van der Waals surface area contributed by atoms with E-state index in [1.165, 1.54) is 51.4 Å². The highest BCUT2D eigenvalue weighted by molar-refractivity contribution is 5.88. The van der Waals surface area contributed by atoms with Crippen molar-refractivity contribution < 1.29 is 19.1 Å². The van der Waals surface area contributed by atoms with Gasteiger partial charge in [-0.2, -0.15) is 0 Å². The maximum absolute atomic E-state index is 12.7. The molecule has 6 heteroatoms. The molecule has 0 unspecified atom stereocenters. The van der Waals surface area contributed by atoms with Gasteiger partial charge < -0.3 is 20.1 Å². The lowest BCUT2D eigenvalue weighted by Crippen LogP contribution is -2.78. The molecule has 0 atom stereocenters. The third-order valence-corrected chi connectivity index (χ3v) is 7.61. The van der Waals surface area contributed by atoms with Gasteiger partial charge in [-0.1, -0.05) is 68.9 Å². The summed E-state index contributed by atoms with van der Waals surface area (Å²) in [5.41, 5.74) is -0.521. The zero-order valence-electron chi connectivity index (χ0n) is 20.4. The molecule has 5 aliphatic rings. The van der Waals surface area contributed by atoms with Crippen molar-refractivity contribution in [3.63, 3.8) is 0 Å². The Morgan fingerprint density at radius 2 is 1.59 bits per heavy atom. The Morgan fingerprint density at radius 1 is 0.912 bits per heavy atom. The van der Waals surface area contributed by atoms with Gasteiger partial charge in [0, 0.05) is 18.7 Å². The SMILES string of the molecule is O=C(COC1=C/C=C\C=C/C=C1)NC12CC(C(=O)NCCOCC3CCCCCCCC3)(C1)C2. The smallest absolute Gasteiger partial charge is 0.258 e. The van der Waals surface area contributed by atoms with E-state index in [9.17, 15) is 9.59 Å². The number of hydrogen-bond donors (Lipinski definition) is 2. The first-order valence-electron chi connectivity index (χ1n) is 13.1. The molecule has 0 heterocycles. The standard InChI is InChI=1S/C28H40N2O4/c31-25(19-34-24-14-10-6-3-7-11-15-24)30-28-20-27(21-28,22-28)26(32)29-16-17-33-18-23-12-8-4-1-2-5-9-13-23/h3,6-7,10-11,14-15,23H,1-2,4-5,8-9,12-13,16-22H2,(H,29,32)(H,30,31)/b6-3-,7-3?,10-6?,11-7-,14-10?,15-11?,24-14?,24-15?. The molecule has 2 amide bonds. The van der Waals surface area contributed by atoms with Crippen LogP contribution in [0.15, 0.2) is 48.3 Å². The number of amides is 2. The summed E-state index contributed by atoms with van der Waals surface area (Å²) in [6.07, 6.45) is 26.0. The first-order chi connectivity index (χ1) is 16.6. The summed E-state index contributed by atoms with van der Waals surface area (Å²) in [5, 5.41) is 6.14. The average molecular weight is 469 g/mol. The van der Waals surface area contributed by atoms with Gasteiger partial charge >= 0.3 is 0 Å². The monoisotopic (exact) mass is 468 g/mol. The van der Waals surface area contributed by atoms with Gasteiger partial charge in [-0.05, 0) is 50.2 Å². The van der Waals surface area contributed by atoms with Gasteiger partial charge in [0.15, 0.2) is 6.61 Å². The molecule has 5 aliphatic carbocycles. The van der Waals surface area contributed by atoms with Gasteiger partial charge in [0.25, 0.3) is 5.91 Å². The molecule has 2 N–H and O–H groups in total. The average Bonchev–Trinajstić information content (AvgIpc) is 2.88. The predicted octanol–water partition coefficient (Wildman–Crippen LogP) is 4.49. The van der Waals surface area contributed by atoms with Crippen molar-refractivity contribution in [2.24, 2.45) is 11.3 Å². The number of carbonyl (C=O) groups is 2.